The zero-order valence-corrected chi connectivity index (χ0v) is 20.8. The number of ether oxygens (including phenoxy) is 1. The topological polar surface area (TPSA) is 117 Å². The van der Waals surface area contributed by atoms with Crippen molar-refractivity contribution in [3.8, 4) is 0 Å². The van der Waals surface area contributed by atoms with E-state index in [2.05, 4.69) is 16.0 Å². The van der Waals surface area contributed by atoms with Crippen LogP contribution in [-0.4, -0.2) is 60.9 Å². The van der Waals surface area contributed by atoms with Gasteiger partial charge in [0.1, 0.15) is 6.04 Å². The fourth-order valence-corrected chi connectivity index (χ4v) is 3.79. The monoisotopic (exact) mass is 534 g/mol. The van der Waals surface area contributed by atoms with E-state index in [-0.39, 0.29) is 43.9 Å². The summed E-state index contributed by atoms with van der Waals surface area (Å²) in [5.74, 6) is -2.06. The Morgan fingerprint density at radius 2 is 1.84 bits per heavy atom. The minimum absolute atomic E-state index is 0.0130. The van der Waals surface area contributed by atoms with Gasteiger partial charge in [-0.1, -0.05) is 25.5 Å². The Hall–Kier alpha value is -4.09. The summed E-state index contributed by atoms with van der Waals surface area (Å²) in [5.41, 5.74) is -0.332. The molecule has 2 aromatic rings. The van der Waals surface area contributed by atoms with Crippen LogP contribution < -0.4 is 16.0 Å². The molecule has 0 aromatic heterocycles. The molecule has 0 aliphatic carbocycles. The first kappa shape index (κ1) is 28.5. The third-order valence-electron chi connectivity index (χ3n) is 5.79. The number of alkyl halides is 3. The summed E-state index contributed by atoms with van der Waals surface area (Å²) in [6, 6.07) is 9.38. The number of esters is 1. The molecule has 0 spiro atoms. The van der Waals surface area contributed by atoms with Gasteiger partial charge in [-0.2, -0.15) is 13.2 Å². The van der Waals surface area contributed by atoms with Crippen LogP contribution in [0.15, 0.2) is 48.5 Å². The lowest BCUT2D eigenvalue weighted by molar-refractivity contribution is -0.151. The van der Waals surface area contributed by atoms with Crippen LogP contribution >= 0.6 is 0 Å². The van der Waals surface area contributed by atoms with Crippen molar-refractivity contribution in [2.24, 2.45) is 0 Å². The van der Waals surface area contributed by atoms with Crippen LogP contribution in [0, 0.1) is 0 Å². The van der Waals surface area contributed by atoms with Crippen LogP contribution in [0.25, 0.3) is 0 Å². The van der Waals surface area contributed by atoms with Gasteiger partial charge in [-0.05, 0) is 42.8 Å². The predicted octanol–water partition coefficient (Wildman–Crippen LogP) is 3.43. The van der Waals surface area contributed by atoms with Gasteiger partial charge in [-0.15, -0.1) is 0 Å². The molecule has 0 bridgehead atoms. The van der Waals surface area contributed by atoms with E-state index in [4.69, 9.17) is 4.74 Å². The quantitative estimate of drug-likeness (QED) is 0.318. The number of piperazine rings is 1. The second kappa shape index (κ2) is 12.9. The molecule has 0 saturated carbocycles. The van der Waals surface area contributed by atoms with Gasteiger partial charge in [0.15, 0.2) is 0 Å². The number of nitrogens with zero attached hydrogens (tertiary/aromatic N) is 1. The van der Waals surface area contributed by atoms with Gasteiger partial charge in [0.2, 0.25) is 11.8 Å². The Bertz CT molecular complexity index is 1170. The van der Waals surface area contributed by atoms with Crippen LogP contribution in [0.5, 0.6) is 0 Å². The van der Waals surface area contributed by atoms with Gasteiger partial charge in [-0.3, -0.25) is 19.2 Å². The van der Waals surface area contributed by atoms with Gasteiger partial charge in [-0.25, -0.2) is 0 Å². The number of hydrogen-bond acceptors (Lipinski definition) is 6. The summed E-state index contributed by atoms with van der Waals surface area (Å²) in [7, 11) is 0. The maximum absolute atomic E-state index is 12.9. The van der Waals surface area contributed by atoms with Crippen molar-refractivity contribution in [3.05, 3.63) is 59.7 Å². The Morgan fingerprint density at radius 3 is 2.58 bits per heavy atom. The summed E-state index contributed by atoms with van der Waals surface area (Å²) in [6.45, 7) is 2.45. The van der Waals surface area contributed by atoms with Gasteiger partial charge in [0.05, 0.1) is 25.1 Å². The standard InChI is InChI=1S/C26H29F3N4O5/c1-2-3-12-38-23(35)15-21-25(37)30-10-11-33(21)22(34)16-31-19-8-4-6-17(13-19)24(36)32-20-9-5-7-18(14-20)26(27,28)29/h4-9,13-14,21,31H,2-3,10-12,15-16H2,1H3,(H,30,37)(H,32,36). The van der Waals surface area contributed by atoms with Crippen LogP contribution in [0.2, 0.25) is 0 Å². The van der Waals surface area contributed by atoms with E-state index in [0.717, 1.165) is 18.6 Å². The van der Waals surface area contributed by atoms with Gasteiger partial charge in [0.25, 0.3) is 5.91 Å². The Labute approximate surface area is 217 Å². The minimum atomic E-state index is -4.54. The molecule has 1 unspecified atom stereocenters. The number of unbranched alkanes of at least 4 members (excludes halogenated alkanes) is 1. The zero-order valence-electron chi connectivity index (χ0n) is 20.8. The molecule has 2 aromatic carbocycles. The Morgan fingerprint density at radius 1 is 1.11 bits per heavy atom. The fourth-order valence-electron chi connectivity index (χ4n) is 3.79. The van der Waals surface area contributed by atoms with E-state index < -0.39 is 41.5 Å². The molecule has 3 N–H and O–H groups in total. The highest BCUT2D eigenvalue weighted by Crippen LogP contribution is 2.30. The average Bonchev–Trinajstić information content (AvgIpc) is 2.88. The van der Waals surface area contributed by atoms with Crippen LogP contribution in [-0.2, 0) is 25.3 Å². The number of carbonyl (C=O) groups excluding carboxylic acids is 4. The van der Waals surface area contributed by atoms with E-state index >= 15 is 0 Å². The fraction of sp³-hybridized carbons (Fsp3) is 0.385. The lowest BCUT2D eigenvalue weighted by atomic mass is 10.1. The normalized spacial score (nSPS) is 15.4. The minimum Gasteiger partial charge on any atom is -0.466 e. The van der Waals surface area contributed by atoms with Crippen LogP contribution in [0.1, 0.15) is 42.1 Å². The first-order chi connectivity index (χ1) is 18.1. The van der Waals surface area contributed by atoms with Gasteiger partial charge < -0.3 is 25.6 Å². The average molecular weight is 535 g/mol. The molecular formula is C26H29F3N4O5. The molecule has 1 aliphatic rings. The molecule has 204 valence electrons. The number of carbonyl (C=O) groups is 4. The van der Waals surface area contributed by atoms with Crippen molar-refractivity contribution in [1.82, 2.24) is 10.2 Å². The first-order valence-electron chi connectivity index (χ1n) is 12.1. The van der Waals surface area contributed by atoms with E-state index in [1.165, 1.54) is 29.2 Å². The molecule has 1 atom stereocenters. The van der Waals surface area contributed by atoms with Crippen molar-refractivity contribution < 1.29 is 37.1 Å². The lowest BCUT2D eigenvalue weighted by Gasteiger charge is -2.34. The number of rotatable bonds is 10. The largest absolute Gasteiger partial charge is 0.466 e. The number of hydrogen-bond donors (Lipinski definition) is 3. The van der Waals surface area contributed by atoms with Crippen molar-refractivity contribution in [1.29, 1.82) is 0 Å². The van der Waals surface area contributed by atoms with Crippen molar-refractivity contribution >= 4 is 35.1 Å². The second-order valence-corrected chi connectivity index (χ2v) is 8.64. The summed E-state index contributed by atoms with van der Waals surface area (Å²) in [6.07, 6.45) is -3.25. The zero-order chi connectivity index (χ0) is 27.7. The van der Waals surface area contributed by atoms with E-state index in [1.807, 2.05) is 6.92 Å². The summed E-state index contributed by atoms with van der Waals surface area (Å²) >= 11 is 0. The second-order valence-electron chi connectivity index (χ2n) is 8.64. The van der Waals surface area contributed by atoms with Crippen molar-refractivity contribution in [2.75, 3.05) is 36.9 Å². The highest BCUT2D eigenvalue weighted by atomic mass is 19.4. The van der Waals surface area contributed by atoms with E-state index in [0.29, 0.717) is 12.1 Å². The molecule has 1 fully saturated rings. The molecular weight excluding hydrogens is 505 g/mol. The summed E-state index contributed by atoms with van der Waals surface area (Å²) in [5, 5.41) is 7.97. The molecule has 3 amide bonds. The molecule has 1 aliphatic heterocycles. The number of amides is 3. The maximum atomic E-state index is 12.9. The number of benzene rings is 2. The van der Waals surface area contributed by atoms with Crippen LogP contribution in [0.4, 0.5) is 24.5 Å². The molecule has 38 heavy (non-hydrogen) atoms. The highest BCUT2D eigenvalue weighted by molar-refractivity contribution is 6.05. The third kappa shape index (κ3) is 7.95. The van der Waals surface area contributed by atoms with Crippen molar-refractivity contribution in [2.45, 2.75) is 38.4 Å². The first-order valence-corrected chi connectivity index (χ1v) is 12.1. The highest BCUT2D eigenvalue weighted by Gasteiger charge is 2.35. The summed E-state index contributed by atoms with van der Waals surface area (Å²) in [4.78, 5) is 51.3. The molecule has 0 radical (unpaired) electrons. The lowest BCUT2D eigenvalue weighted by Crippen LogP contribution is -2.58. The summed E-state index contributed by atoms with van der Waals surface area (Å²) < 4.78 is 43.9. The molecule has 1 saturated heterocycles. The van der Waals surface area contributed by atoms with Gasteiger partial charge in [0, 0.05) is 30.0 Å². The molecule has 9 nitrogen and oxygen atoms in total. The van der Waals surface area contributed by atoms with E-state index in [1.54, 1.807) is 12.1 Å². The number of nitrogens with one attached hydrogen (secondary N) is 3. The number of anilines is 2. The molecule has 3 rings (SSSR count). The number of halogens is 3. The Balaban J connectivity index is 1.60. The molecule has 1 heterocycles. The Kier molecular flexibility index (Phi) is 9.69. The maximum Gasteiger partial charge on any atom is 0.416 e. The van der Waals surface area contributed by atoms with Gasteiger partial charge >= 0.3 is 12.1 Å². The smallest absolute Gasteiger partial charge is 0.416 e. The molecule has 12 heteroatoms. The predicted molar refractivity (Wildman–Crippen MR) is 133 cm³/mol. The van der Waals surface area contributed by atoms with E-state index in [9.17, 15) is 32.3 Å². The third-order valence-corrected chi connectivity index (χ3v) is 5.79. The van der Waals surface area contributed by atoms with Crippen LogP contribution in [0.3, 0.4) is 0 Å². The van der Waals surface area contributed by atoms with Crippen molar-refractivity contribution in [3.63, 3.8) is 0 Å². The SMILES string of the molecule is CCCCOC(=O)CC1C(=O)NCCN1C(=O)CNc1cccc(C(=O)Nc2cccc(C(F)(F)F)c2)c1.